The Hall–Kier alpha value is -1.59. The molecule has 4 nitrogen and oxygen atoms in total. The van der Waals surface area contributed by atoms with Crippen LogP contribution in [0.1, 0.15) is 0 Å². The Balaban J connectivity index is 2.13. The number of nitrogens with zero attached hydrogens (tertiary/aromatic N) is 2. The normalized spacial score (nSPS) is 10.6. The molecule has 0 fully saturated rings. The van der Waals surface area contributed by atoms with Crippen LogP contribution in [0.2, 0.25) is 5.02 Å². The topological polar surface area (TPSA) is 39.1 Å². The fourth-order valence-electron chi connectivity index (χ4n) is 1.51. The lowest BCUT2D eigenvalue weighted by atomic mass is 10.3. The number of rotatable bonds is 5. The van der Waals surface area contributed by atoms with Gasteiger partial charge in [0.15, 0.2) is 0 Å². The van der Waals surface area contributed by atoms with Crippen molar-refractivity contribution in [3.05, 3.63) is 41.4 Å². The Labute approximate surface area is 109 Å². The summed E-state index contributed by atoms with van der Waals surface area (Å²) in [7, 11) is 1.64. The third-order valence-electron chi connectivity index (χ3n) is 2.43. The SMILES string of the molecule is COCCn1ccnc1Nc1ccc(F)c(Cl)c1. The minimum atomic E-state index is -0.440. The second-order valence-electron chi connectivity index (χ2n) is 3.69. The van der Waals surface area contributed by atoms with Gasteiger partial charge in [-0.3, -0.25) is 0 Å². The Morgan fingerprint density at radius 2 is 2.33 bits per heavy atom. The van der Waals surface area contributed by atoms with Gasteiger partial charge in [0.2, 0.25) is 5.95 Å². The molecule has 2 aromatic rings. The van der Waals surface area contributed by atoms with E-state index in [1.165, 1.54) is 12.1 Å². The Morgan fingerprint density at radius 1 is 1.50 bits per heavy atom. The smallest absolute Gasteiger partial charge is 0.207 e. The minimum Gasteiger partial charge on any atom is -0.383 e. The average Bonchev–Trinajstić information content (AvgIpc) is 2.79. The lowest BCUT2D eigenvalue weighted by Crippen LogP contribution is -2.07. The van der Waals surface area contributed by atoms with Gasteiger partial charge in [0.25, 0.3) is 0 Å². The molecular formula is C12H13ClFN3O. The second kappa shape index (κ2) is 5.84. The third kappa shape index (κ3) is 3.00. The largest absolute Gasteiger partial charge is 0.383 e. The maximum atomic E-state index is 13.0. The monoisotopic (exact) mass is 269 g/mol. The van der Waals surface area contributed by atoms with Crippen molar-refractivity contribution < 1.29 is 9.13 Å². The van der Waals surface area contributed by atoms with Gasteiger partial charge in [-0.2, -0.15) is 0 Å². The van der Waals surface area contributed by atoms with Crippen LogP contribution >= 0.6 is 11.6 Å². The van der Waals surface area contributed by atoms with E-state index in [9.17, 15) is 4.39 Å². The number of methoxy groups -OCH3 is 1. The van der Waals surface area contributed by atoms with E-state index in [4.69, 9.17) is 16.3 Å². The van der Waals surface area contributed by atoms with Gasteiger partial charge in [0.05, 0.1) is 11.6 Å². The first-order valence-corrected chi connectivity index (χ1v) is 5.80. The molecule has 0 atom stereocenters. The number of nitrogens with one attached hydrogen (secondary N) is 1. The zero-order valence-corrected chi connectivity index (χ0v) is 10.6. The van der Waals surface area contributed by atoms with Crippen LogP contribution in [-0.4, -0.2) is 23.3 Å². The molecule has 96 valence electrons. The highest BCUT2D eigenvalue weighted by Crippen LogP contribution is 2.21. The van der Waals surface area contributed by atoms with Gasteiger partial charge in [0.1, 0.15) is 5.82 Å². The van der Waals surface area contributed by atoms with E-state index in [0.29, 0.717) is 24.8 Å². The molecule has 0 saturated heterocycles. The first-order valence-electron chi connectivity index (χ1n) is 5.43. The van der Waals surface area contributed by atoms with E-state index in [-0.39, 0.29) is 5.02 Å². The van der Waals surface area contributed by atoms with Gasteiger partial charge in [0, 0.05) is 31.7 Å². The van der Waals surface area contributed by atoms with E-state index in [1.54, 1.807) is 19.4 Å². The highest BCUT2D eigenvalue weighted by atomic mass is 35.5. The van der Waals surface area contributed by atoms with Gasteiger partial charge in [-0.15, -0.1) is 0 Å². The number of hydrogen-bond donors (Lipinski definition) is 1. The fraction of sp³-hybridized carbons (Fsp3) is 0.250. The Bertz CT molecular complexity index is 530. The highest BCUT2D eigenvalue weighted by molar-refractivity contribution is 6.31. The molecule has 1 aromatic heterocycles. The molecular weight excluding hydrogens is 257 g/mol. The van der Waals surface area contributed by atoms with Crippen LogP contribution in [0.4, 0.5) is 16.0 Å². The Morgan fingerprint density at radius 3 is 3.06 bits per heavy atom. The van der Waals surface area contributed by atoms with Gasteiger partial charge in [-0.1, -0.05) is 11.6 Å². The van der Waals surface area contributed by atoms with Crippen LogP contribution in [-0.2, 0) is 11.3 Å². The fourth-order valence-corrected chi connectivity index (χ4v) is 1.69. The summed E-state index contributed by atoms with van der Waals surface area (Å²) in [6.45, 7) is 1.28. The summed E-state index contributed by atoms with van der Waals surface area (Å²) in [5, 5.41) is 3.15. The molecule has 1 heterocycles. The third-order valence-corrected chi connectivity index (χ3v) is 2.72. The van der Waals surface area contributed by atoms with Gasteiger partial charge < -0.3 is 14.6 Å². The molecule has 0 aliphatic carbocycles. The maximum absolute atomic E-state index is 13.0. The van der Waals surface area contributed by atoms with Gasteiger partial charge in [-0.25, -0.2) is 9.37 Å². The predicted octanol–water partition coefficient (Wildman–Crippen LogP) is 3.07. The number of ether oxygens (including phenoxy) is 1. The summed E-state index contributed by atoms with van der Waals surface area (Å²) in [4.78, 5) is 4.18. The molecule has 2 rings (SSSR count). The number of benzene rings is 1. The van der Waals surface area contributed by atoms with Crippen molar-refractivity contribution in [1.82, 2.24) is 9.55 Å². The van der Waals surface area contributed by atoms with Gasteiger partial charge in [-0.05, 0) is 18.2 Å². The maximum Gasteiger partial charge on any atom is 0.207 e. The minimum absolute atomic E-state index is 0.0787. The van der Waals surface area contributed by atoms with Crippen molar-refractivity contribution in [1.29, 1.82) is 0 Å². The van der Waals surface area contributed by atoms with Crippen molar-refractivity contribution in [3.8, 4) is 0 Å². The zero-order chi connectivity index (χ0) is 13.0. The number of halogens is 2. The molecule has 0 unspecified atom stereocenters. The van der Waals surface area contributed by atoms with Crippen LogP contribution in [0.15, 0.2) is 30.6 Å². The summed E-state index contributed by atoms with van der Waals surface area (Å²) in [6.07, 6.45) is 3.52. The standard InChI is InChI=1S/C12H13ClFN3O/c1-18-7-6-17-5-4-15-12(17)16-9-2-3-11(14)10(13)8-9/h2-5,8H,6-7H2,1H3,(H,15,16). The molecule has 0 saturated carbocycles. The van der Waals surface area contributed by atoms with E-state index < -0.39 is 5.82 Å². The van der Waals surface area contributed by atoms with Crippen LogP contribution in [0.3, 0.4) is 0 Å². The van der Waals surface area contributed by atoms with E-state index in [0.717, 1.165) is 0 Å². The Kier molecular flexibility index (Phi) is 4.17. The van der Waals surface area contributed by atoms with E-state index in [1.807, 2.05) is 10.8 Å². The van der Waals surface area contributed by atoms with Crippen LogP contribution in [0.5, 0.6) is 0 Å². The first kappa shape index (κ1) is 12.9. The summed E-state index contributed by atoms with van der Waals surface area (Å²) in [6, 6.07) is 4.44. The second-order valence-corrected chi connectivity index (χ2v) is 4.10. The van der Waals surface area contributed by atoms with Crippen LogP contribution in [0, 0.1) is 5.82 Å². The molecule has 0 aliphatic rings. The molecule has 0 amide bonds. The molecule has 18 heavy (non-hydrogen) atoms. The van der Waals surface area contributed by atoms with E-state index in [2.05, 4.69) is 10.3 Å². The van der Waals surface area contributed by atoms with Crippen molar-refractivity contribution in [2.24, 2.45) is 0 Å². The van der Waals surface area contributed by atoms with E-state index >= 15 is 0 Å². The van der Waals surface area contributed by atoms with Crippen molar-refractivity contribution in [3.63, 3.8) is 0 Å². The molecule has 0 aliphatic heterocycles. The molecule has 0 radical (unpaired) electrons. The zero-order valence-electron chi connectivity index (χ0n) is 9.86. The highest BCUT2D eigenvalue weighted by Gasteiger charge is 2.05. The van der Waals surface area contributed by atoms with Crippen molar-refractivity contribution >= 4 is 23.2 Å². The molecule has 0 spiro atoms. The molecule has 1 aromatic carbocycles. The molecule has 1 N–H and O–H groups in total. The van der Waals surface area contributed by atoms with Gasteiger partial charge >= 0.3 is 0 Å². The summed E-state index contributed by atoms with van der Waals surface area (Å²) < 4.78 is 19.9. The molecule has 6 heteroatoms. The number of anilines is 2. The number of imidazole rings is 1. The van der Waals surface area contributed by atoms with Crippen molar-refractivity contribution in [2.75, 3.05) is 19.0 Å². The number of hydrogen-bond acceptors (Lipinski definition) is 3. The number of aromatic nitrogens is 2. The summed E-state index contributed by atoms with van der Waals surface area (Å²) in [5.41, 5.74) is 0.686. The lowest BCUT2D eigenvalue weighted by molar-refractivity contribution is 0.188. The lowest BCUT2D eigenvalue weighted by Gasteiger charge is -2.09. The quantitative estimate of drug-likeness (QED) is 0.907. The molecule has 0 bridgehead atoms. The first-order chi connectivity index (χ1) is 8.70. The van der Waals surface area contributed by atoms with Crippen molar-refractivity contribution in [2.45, 2.75) is 6.54 Å². The van der Waals surface area contributed by atoms with Crippen LogP contribution < -0.4 is 5.32 Å². The van der Waals surface area contributed by atoms with Crippen LogP contribution in [0.25, 0.3) is 0 Å². The predicted molar refractivity (Wildman–Crippen MR) is 68.8 cm³/mol. The summed E-state index contributed by atoms with van der Waals surface area (Å²) >= 11 is 5.72. The average molecular weight is 270 g/mol. The summed E-state index contributed by atoms with van der Waals surface area (Å²) in [5.74, 6) is 0.222.